The van der Waals surface area contributed by atoms with Gasteiger partial charge in [0.05, 0.1) is 0 Å². The lowest BCUT2D eigenvalue weighted by Crippen LogP contribution is -2.32. The van der Waals surface area contributed by atoms with Crippen molar-refractivity contribution in [2.45, 2.75) is 19.4 Å². The number of benzene rings is 1. The highest BCUT2D eigenvalue weighted by Crippen LogP contribution is 2.17. The van der Waals surface area contributed by atoms with Crippen LogP contribution in [0.15, 0.2) is 30.3 Å². The Morgan fingerprint density at radius 1 is 1.14 bits per heavy atom. The largest absolute Gasteiger partial charge is 0.299 e. The van der Waals surface area contributed by atoms with Crippen molar-refractivity contribution in [3.63, 3.8) is 0 Å². The standard InChI is InChI=1S/C13H18N/c1-12-7-9-14(10-8-12)11-13-5-3-2-4-6-13/h2-6,12H,1,7-11H2. The topological polar surface area (TPSA) is 3.24 Å². The maximum absolute atomic E-state index is 4.11. The van der Waals surface area contributed by atoms with Gasteiger partial charge in [-0.3, -0.25) is 4.90 Å². The lowest BCUT2D eigenvalue weighted by Gasteiger charge is -2.30. The number of nitrogens with zero attached hydrogens (tertiary/aromatic N) is 1. The van der Waals surface area contributed by atoms with Crippen LogP contribution in [0.2, 0.25) is 0 Å². The molecular formula is C13H18N. The zero-order valence-electron chi connectivity index (χ0n) is 8.65. The normalized spacial score (nSPS) is 19.8. The summed E-state index contributed by atoms with van der Waals surface area (Å²) in [5, 5.41) is 0. The minimum Gasteiger partial charge on any atom is -0.299 e. The van der Waals surface area contributed by atoms with Crippen LogP contribution in [0.1, 0.15) is 18.4 Å². The minimum absolute atomic E-state index is 0.682. The predicted molar refractivity (Wildman–Crippen MR) is 59.8 cm³/mol. The van der Waals surface area contributed by atoms with Gasteiger partial charge in [0.15, 0.2) is 0 Å². The van der Waals surface area contributed by atoms with Gasteiger partial charge in [0.2, 0.25) is 0 Å². The third-order valence-electron chi connectivity index (χ3n) is 2.96. The second-order valence-corrected chi connectivity index (χ2v) is 4.21. The quantitative estimate of drug-likeness (QED) is 0.689. The monoisotopic (exact) mass is 188 g/mol. The first kappa shape index (κ1) is 9.72. The molecule has 14 heavy (non-hydrogen) atoms. The van der Waals surface area contributed by atoms with Crippen molar-refractivity contribution >= 4 is 0 Å². The summed E-state index contributed by atoms with van der Waals surface area (Å²) in [6.45, 7) is 7.64. The molecule has 0 aromatic heterocycles. The molecule has 0 spiro atoms. The van der Waals surface area contributed by atoms with E-state index in [9.17, 15) is 0 Å². The fourth-order valence-electron chi connectivity index (χ4n) is 1.99. The Labute approximate surface area is 86.7 Å². The van der Waals surface area contributed by atoms with Gasteiger partial charge in [0, 0.05) is 6.54 Å². The molecular weight excluding hydrogens is 170 g/mol. The van der Waals surface area contributed by atoms with Crippen LogP contribution in [0.3, 0.4) is 0 Å². The average molecular weight is 188 g/mol. The van der Waals surface area contributed by atoms with E-state index in [1.807, 2.05) is 0 Å². The maximum Gasteiger partial charge on any atom is 0.0233 e. The van der Waals surface area contributed by atoms with Crippen molar-refractivity contribution in [3.05, 3.63) is 42.8 Å². The van der Waals surface area contributed by atoms with E-state index < -0.39 is 0 Å². The average Bonchev–Trinajstić information content (AvgIpc) is 2.23. The number of piperidine rings is 1. The molecule has 0 bridgehead atoms. The molecule has 1 aliphatic heterocycles. The van der Waals surface area contributed by atoms with Crippen molar-refractivity contribution < 1.29 is 0 Å². The van der Waals surface area contributed by atoms with E-state index >= 15 is 0 Å². The molecule has 75 valence electrons. The molecule has 0 N–H and O–H groups in total. The molecule has 1 aliphatic rings. The molecule has 1 fully saturated rings. The van der Waals surface area contributed by atoms with Crippen LogP contribution >= 0.6 is 0 Å². The van der Waals surface area contributed by atoms with Crippen molar-refractivity contribution in [1.82, 2.24) is 4.90 Å². The minimum atomic E-state index is 0.682. The third-order valence-corrected chi connectivity index (χ3v) is 2.96. The summed E-state index contributed by atoms with van der Waals surface area (Å²) in [5.74, 6) is 0.682. The van der Waals surface area contributed by atoms with Crippen LogP contribution < -0.4 is 0 Å². The van der Waals surface area contributed by atoms with Gasteiger partial charge in [0.1, 0.15) is 0 Å². The molecule has 0 aliphatic carbocycles. The molecule has 1 radical (unpaired) electrons. The Bertz CT molecular complexity index is 260. The van der Waals surface area contributed by atoms with Gasteiger partial charge in [-0.25, -0.2) is 0 Å². The summed E-state index contributed by atoms with van der Waals surface area (Å²) < 4.78 is 0. The summed E-state index contributed by atoms with van der Waals surface area (Å²) in [4.78, 5) is 2.52. The molecule has 0 atom stereocenters. The zero-order valence-corrected chi connectivity index (χ0v) is 8.65. The summed E-state index contributed by atoms with van der Waals surface area (Å²) in [5.41, 5.74) is 1.43. The molecule has 0 saturated carbocycles. The summed E-state index contributed by atoms with van der Waals surface area (Å²) in [6, 6.07) is 10.7. The Hall–Kier alpha value is -0.820. The number of likely N-dealkylation sites (tertiary alicyclic amines) is 1. The Balaban J connectivity index is 1.87. The first-order valence-electron chi connectivity index (χ1n) is 5.44. The number of hydrogen-bond acceptors (Lipinski definition) is 1. The van der Waals surface area contributed by atoms with Crippen molar-refractivity contribution in [1.29, 1.82) is 0 Å². The lowest BCUT2D eigenvalue weighted by atomic mass is 9.99. The molecule has 1 heterocycles. The Morgan fingerprint density at radius 2 is 1.79 bits per heavy atom. The van der Waals surface area contributed by atoms with Gasteiger partial charge in [0.25, 0.3) is 0 Å². The molecule has 0 unspecified atom stereocenters. The zero-order chi connectivity index (χ0) is 9.80. The van der Waals surface area contributed by atoms with E-state index in [0.717, 1.165) is 6.54 Å². The maximum atomic E-state index is 4.11. The Kier molecular flexibility index (Phi) is 3.20. The van der Waals surface area contributed by atoms with Crippen LogP contribution in [0.25, 0.3) is 0 Å². The van der Waals surface area contributed by atoms with Gasteiger partial charge in [-0.15, -0.1) is 0 Å². The van der Waals surface area contributed by atoms with E-state index in [1.54, 1.807) is 0 Å². The van der Waals surface area contributed by atoms with Crippen LogP contribution in [-0.4, -0.2) is 18.0 Å². The van der Waals surface area contributed by atoms with Gasteiger partial charge < -0.3 is 0 Å². The smallest absolute Gasteiger partial charge is 0.0233 e. The van der Waals surface area contributed by atoms with E-state index in [1.165, 1.54) is 31.5 Å². The molecule has 0 amide bonds. The number of rotatable bonds is 2. The van der Waals surface area contributed by atoms with E-state index in [0.29, 0.717) is 5.92 Å². The van der Waals surface area contributed by atoms with Gasteiger partial charge in [-0.1, -0.05) is 37.3 Å². The van der Waals surface area contributed by atoms with E-state index in [-0.39, 0.29) is 0 Å². The second kappa shape index (κ2) is 4.61. The first-order valence-corrected chi connectivity index (χ1v) is 5.44. The molecule has 2 rings (SSSR count). The first-order chi connectivity index (χ1) is 6.84. The van der Waals surface area contributed by atoms with Crippen molar-refractivity contribution in [3.8, 4) is 0 Å². The molecule has 1 heteroatoms. The summed E-state index contributed by atoms with van der Waals surface area (Å²) in [7, 11) is 0. The van der Waals surface area contributed by atoms with Crippen molar-refractivity contribution in [2.24, 2.45) is 5.92 Å². The van der Waals surface area contributed by atoms with Gasteiger partial charge in [-0.2, -0.15) is 0 Å². The highest BCUT2D eigenvalue weighted by Gasteiger charge is 2.15. The predicted octanol–water partition coefficient (Wildman–Crippen LogP) is 2.73. The van der Waals surface area contributed by atoms with E-state index in [4.69, 9.17) is 0 Å². The van der Waals surface area contributed by atoms with Crippen LogP contribution in [-0.2, 0) is 6.54 Å². The molecule has 1 aromatic carbocycles. The van der Waals surface area contributed by atoms with Crippen LogP contribution in [0, 0.1) is 12.8 Å². The summed E-state index contributed by atoms with van der Waals surface area (Å²) >= 11 is 0. The van der Waals surface area contributed by atoms with Crippen molar-refractivity contribution in [2.75, 3.05) is 13.1 Å². The SMILES string of the molecule is [CH2]C1CCN(Cc2ccccc2)CC1. The van der Waals surface area contributed by atoms with Gasteiger partial charge in [-0.05, 0) is 37.4 Å². The number of hydrogen-bond donors (Lipinski definition) is 0. The fourth-order valence-corrected chi connectivity index (χ4v) is 1.99. The summed E-state index contributed by atoms with van der Waals surface area (Å²) in [6.07, 6.45) is 2.51. The van der Waals surface area contributed by atoms with Crippen LogP contribution in [0.5, 0.6) is 0 Å². The second-order valence-electron chi connectivity index (χ2n) is 4.21. The highest BCUT2D eigenvalue weighted by molar-refractivity contribution is 5.14. The third kappa shape index (κ3) is 2.58. The molecule has 1 nitrogen and oxygen atoms in total. The molecule has 1 saturated heterocycles. The lowest BCUT2D eigenvalue weighted by molar-refractivity contribution is 0.195. The van der Waals surface area contributed by atoms with Crippen LogP contribution in [0.4, 0.5) is 0 Å². The molecule has 1 aromatic rings. The van der Waals surface area contributed by atoms with Gasteiger partial charge >= 0.3 is 0 Å². The highest BCUT2D eigenvalue weighted by atomic mass is 15.1. The van der Waals surface area contributed by atoms with E-state index in [2.05, 4.69) is 42.2 Å². The fraction of sp³-hybridized carbons (Fsp3) is 0.462. The Morgan fingerprint density at radius 3 is 2.43 bits per heavy atom.